The predicted octanol–water partition coefficient (Wildman–Crippen LogP) is 3.51. The normalized spacial score (nSPS) is 16.0. The van der Waals surface area contributed by atoms with E-state index in [1.807, 2.05) is 24.3 Å². The molecule has 3 rings (SSSR count). The lowest BCUT2D eigenvalue weighted by atomic mass is 10.2. The summed E-state index contributed by atoms with van der Waals surface area (Å²) in [7, 11) is 0. The number of nitrogens with zero attached hydrogens (tertiary/aromatic N) is 1. The van der Waals surface area contributed by atoms with Crippen LogP contribution in [0.2, 0.25) is 0 Å². The van der Waals surface area contributed by atoms with Crippen molar-refractivity contribution in [3.63, 3.8) is 0 Å². The Bertz CT molecular complexity index is 783. The fourth-order valence-electron chi connectivity index (χ4n) is 2.00. The molecule has 5 heteroatoms. The number of hydrogen-bond acceptors (Lipinski definition) is 2. The van der Waals surface area contributed by atoms with Crippen LogP contribution in [0.3, 0.4) is 0 Å². The highest BCUT2D eigenvalue weighted by atomic mass is 79.9. The van der Waals surface area contributed by atoms with Crippen LogP contribution >= 0.6 is 15.9 Å². The van der Waals surface area contributed by atoms with Crippen LogP contribution in [0.25, 0.3) is 6.08 Å². The van der Waals surface area contributed by atoms with E-state index in [4.69, 9.17) is 0 Å². The summed E-state index contributed by atoms with van der Waals surface area (Å²) >= 11 is 3.38. The summed E-state index contributed by atoms with van der Waals surface area (Å²) in [5.74, 6) is -0.302. The molecule has 0 unspecified atom stereocenters. The van der Waals surface area contributed by atoms with Crippen LogP contribution < -0.4 is 5.32 Å². The number of amidine groups is 1. The largest absolute Gasteiger partial charge is 0.305 e. The number of carbonyl (C=O) groups excluding carboxylic acids is 1. The van der Waals surface area contributed by atoms with E-state index in [0.29, 0.717) is 17.1 Å². The molecule has 3 nitrogen and oxygen atoms in total. The van der Waals surface area contributed by atoms with Gasteiger partial charge >= 0.3 is 0 Å². The molecule has 0 aliphatic carbocycles. The van der Waals surface area contributed by atoms with Crippen LogP contribution in [0.5, 0.6) is 0 Å². The maximum absolute atomic E-state index is 13.2. The molecule has 0 spiro atoms. The molecule has 0 atom stereocenters. The monoisotopic (exact) mass is 344 g/mol. The van der Waals surface area contributed by atoms with Gasteiger partial charge in [0.2, 0.25) is 0 Å². The lowest BCUT2D eigenvalue weighted by Crippen LogP contribution is -2.24. The van der Waals surface area contributed by atoms with Crippen molar-refractivity contribution in [1.82, 2.24) is 5.32 Å². The first kappa shape index (κ1) is 13.7. The molecule has 0 saturated carbocycles. The Morgan fingerprint density at radius 3 is 2.71 bits per heavy atom. The van der Waals surface area contributed by atoms with Gasteiger partial charge in [0.25, 0.3) is 5.91 Å². The Kier molecular flexibility index (Phi) is 3.66. The Morgan fingerprint density at radius 2 is 1.95 bits per heavy atom. The Labute approximate surface area is 129 Å². The van der Waals surface area contributed by atoms with Crippen molar-refractivity contribution >= 4 is 33.7 Å². The first-order valence-corrected chi connectivity index (χ1v) is 7.04. The summed E-state index contributed by atoms with van der Waals surface area (Å²) in [5.41, 5.74) is 1.70. The van der Waals surface area contributed by atoms with Gasteiger partial charge < -0.3 is 5.32 Å². The summed E-state index contributed by atoms with van der Waals surface area (Å²) in [6, 6.07) is 13.5. The third-order valence-corrected chi connectivity index (χ3v) is 3.44. The topological polar surface area (TPSA) is 41.5 Å². The molecule has 2 aromatic rings. The maximum atomic E-state index is 13.2. The second-order valence-electron chi connectivity index (χ2n) is 4.51. The van der Waals surface area contributed by atoms with E-state index in [-0.39, 0.29) is 11.7 Å². The molecular weight excluding hydrogens is 335 g/mol. The van der Waals surface area contributed by atoms with Crippen molar-refractivity contribution in [2.75, 3.05) is 0 Å². The molecular formula is C16H10BrFN2O. The molecule has 0 bridgehead atoms. The Balaban J connectivity index is 1.95. The smallest absolute Gasteiger partial charge is 0.275 e. The van der Waals surface area contributed by atoms with Crippen LogP contribution in [0.1, 0.15) is 11.1 Å². The van der Waals surface area contributed by atoms with E-state index < -0.39 is 0 Å². The number of nitrogens with one attached hydrogen (secondary N) is 1. The zero-order valence-electron chi connectivity index (χ0n) is 10.8. The lowest BCUT2D eigenvalue weighted by Gasteiger charge is -1.99. The predicted molar refractivity (Wildman–Crippen MR) is 83.2 cm³/mol. The Hall–Kier alpha value is -2.27. The van der Waals surface area contributed by atoms with Crippen LogP contribution in [0, 0.1) is 5.82 Å². The standard InChI is InChI=1S/C16H10BrFN2O/c17-12-5-1-3-10(7-12)8-14-16(21)20-15(19-14)11-4-2-6-13(18)9-11/h1-9H,(H,19,20,21)/b14-8+. The molecule has 104 valence electrons. The zero-order chi connectivity index (χ0) is 14.8. The van der Waals surface area contributed by atoms with Crippen molar-refractivity contribution in [3.05, 3.63) is 75.6 Å². The number of hydrogen-bond donors (Lipinski definition) is 1. The minimum atomic E-state index is -0.367. The van der Waals surface area contributed by atoms with E-state index in [1.54, 1.807) is 18.2 Å². The summed E-state index contributed by atoms with van der Waals surface area (Å²) in [5, 5.41) is 2.65. The number of benzene rings is 2. The van der Waals surface area contributed by atoms with Gasteiger partial charge in [-0.25, -0.2) is 9.38 Å². The van der Waals surface area contributed by atoms with E-state index in [1.165, 1.54) is 12.1 Å². The van der Waals surface area contributed by atoms with Gasteiger partial charge in [-0.3, -0.25) is 4.79 Å². The van der Waals surface area contributed by atoms with E-state index in [2.05, 4.69) is 26.2 Å². The van der Waals surface area contributed by atoms with Crippen molar-refractivity contribution in [3.8, 4) is 0 Å². The van der Waals surface area contributed by atoms with Gasteiger partial charge in [-0.05, 0) is 35.9 Å². The molecule has 0 fully saturated rings. The van der Waals surface area contributed by atoms with Gasteiger partial charge in [0.1, 0.15) is 17.3 Å². The fourth-order valence-corrected chi connectivity index (χ4v) is 2.41. The summed E-state index contributed by atoms with van der Waals surface area (Å²) in [6.45, 7) is 0. The van der Waals surface area contributed by atoms with Crippen molar-refractivity contribution in [2.45, 2.75) is 0 Å². The third kappa shape index (κ3) is 3.08. The lowest BCUT2D eigenvalue weighted by molar-refractivity contribution is -0.115. The second-order valence-corrected chi connectivity index (χ2v) is 5.43. The molecule has 1 aliphatic rings. The molecule has 0 aromatic heterocycles. The average molecular weight is 345 g/mol. The summed E-state index contributed by atoms with van der Waals surface area (Å²) in [6.07, 6.45) is 1.69. The van der Waals surface area contributed by atoms with Crippen molar-refractivity contribution in [1.29, 1.82) is 0 Å². The second kappa shape index (κ2) is 5.61. The first-order chi connectivity index (χ1) is 10.1. The van der Waals surface area contributed by atoms with Gasteiger partial charge in [-0.15, -0.1) is 0 Å². The molecule has 1 heterocycles. The van der Waals surface area contributed by atoms with E-state index in [9.17, 15) is 9.18 Å². The van der Waals surface area contributed by atoms with Crippen LogP contribution in [0.15, 0.2) is 63.7 Å². The van der Waals surface area contributed by atoms with E-state index in [0.717, 1.165) is 10.0 Å². The third-order valence-electron chi connectivity index (χ3n) is 2.95. The van der Waals surface area contributed by atoms with Crippen molar-refractivity contribution in [2.24, 2.45) is 4.99 Å². The Morgan fingerprint density at radius 1 is 1.14 bits per heavy atom. The SMILES string of the molecule is O=C1NC(c2cccc(F)c2)=N/C1=C/c1cccc(Br)c1. The molecule has 1 N–H and O–H groups in total. The van der Waals surface area contributed by atoms with Gasteiger partial charge in [0.15, 0.2) is 0 Å². The summed E-state index contributed by atoms with van der Waals surface area (Å²) < 4.78 is 14.1. The summed E-state index contributed by atoms with van der Waals surface area (Å²) in [4.78, 5) is 16.2. The highest BCUT2D eigenvalue weighted by Crippen LogP contribution is 2.18. The molecule has 1 aliphatic heterocycles. The quantitative estimate of drug-likeness (QED) is 0.832. The number of carbonyl (C=O) groups is 1. The van der Waals surface area contributed by atoms with Gasteiger partial charge in [-0.1, -0.05) is 40.2 Å². The minimum Gasteiger partial charge on any atom is -0.305 e. The average Bonchev–Trinajstić information content (AvgIpc) is 2.80. The van der Waals surface area contributed by atoms with Crippen LogP contribution in [-0.4, -0.2) is 11.7 Å². The number of amides is 1. The van der Waals surface area contributed by atoms with Gasteiger partial charge in [0.05, 0.1) is 0 Å². The minimum absolute atomic E-state index is 0.297. The van der Waals surface area contributed by atoms with Crippen molar-refractivity contribution < 1.29 is 9.18 Å². The highest BCUT2D eigenvalue weighted by molar-refractivity contribution is 9.10. The molecule has 1 amide bonds. The molecule has 0 radical (unpaired) electrons. The van der Waals surface area contributed by atoms with Crippen LogP contribution in [0.4, 0.5) is 4.39 Å². The fraction of sp³-hybridized carbons (Fsp3) is 0. The van der Waals surface area contributed by atoms with Crippen LogP contribution in [-0.2, 0) is 4.79 Å². The molecule has 21 heavy (non-hydrogen) atoms. The number of rotatable bonds is 2. The first-order valence-electron chi connectivity index (χ1n) is 6.25. The molecule has 0 saturated heterocycles. The zero-order valence-corrected chi connectivity index (χ0v) is 12.4. The highest BCUT2D eigenvalue weighted by Gasteiger charge is 2.21. The number of aliphatic imine (C=N–C) groups is 1. The maximum Gasteiger partial charge on any atom is 0.275 e. The molecule has 2 aromatic carbocycles. The van der Waals surface area contributed by atoms with Gasteiger partial charge in [0, 0.05) is 10.0 Å². The number of halogens is 2. The van der Waals surface area contributed by atoms with Gasteiger partial charge in [-0.2, -0.15) is 0 Å². The van der Waals surface area contributed by atoms with E-state index >= 15 is 0 Å².